The van der Waals surface area contributed by atoms with Gasteiger partial charge in [0.25, 0.3) is 0 Å². The van der Waals surface area contributed by atoms with Crippen molar-refractivity contribution < 1.29 is 9.84 Å². The Morgan fingerprint density at radius 2 is 2.36 bits per heavy atom. The van der Waals surface area contributed by atoms with Crippen LogP contribution >= 0.6 is 0 Å². The predicted octanol–water partition coefficient (Wildman–Crippen LogP) is 1.14. The van der Waals surface area contributed by atoms with Gasteiger partial charge in [-0.1, -0.05) is 0 Å². The molecule has 0 saturated carbocycles. The van der Waals surface area contributed by atoms with Crippen molar-refractivity contribution in [1.29, 1.82) is 0 Å². The van der Waals surface area contributed by atoms with E-state index in [1.54, 1.807) is 25.3 Å². The number of ether oxygens (including phenoxy) is 1. The first-order valence-corrected chi connectivity index (χ1v) is 3.42. The zero-order chi connectivity index (χ0) is 8.27. The van der Waals surface area contributed by atoms with E-state index in [1.807, 2.05) is 0 Å². The molecule has 3 nitrogen and oxygen atoms in total. The Kier molecular flexibility index (Phi) is 2.44. The molecule has 0 aliphatic heterocycles. The van der Waals surface area contributed by atoms with Gasteiger partial charge in [0.1, 0.15) is 0 Å². The van der Waals surface area contributed by atoms with E-state index in [-0.39, 0.29) is 0 Å². The summed E-state index contributed by atoms with van der Waals surface area (Å²) in [4.78, 5) is 3.94. The van der Waals surface area contributed by atoms with Crippen LogP contribution in [0.3, 0.4) is 0 Å². The van der Waals surface area contributed by atoms with Gasteiger partial charge < -0.3 is 9.84 Å². The van der Waals surface area contributed by atoms with E-state index in [0.717, 1.165) is 5.56 Å². The highest BCUT2D eigenvalue weighted by Crippen LogP contribution is 2.20. The third-order valence-corrected chi connectivity index (χ3v) is 1.44. The predicted molar refractivity (Wildman–Crippen MR) is 41.4 cm³/mol. The minimum atomic E-state index is -0.529. The molecular weight excluding hydrogens is 142 g/mol. The fraction of sp³-hybridized carbons (Fsp3) is 0.375. The summed E-state index contributed by atoms with van der Waals surface area (Å²) in [5.41, 5.74) is 0.718. The lowest BCUT2D eigenvalue weighted by Crippen LogP contribution is -1.97. The maximum absolute atomic E-state index is 9.22. The van der Waals surface area contributed by atoms with Crippen molar-refractivity contribution in [2.24, 2.45) is 0 Å². The molecule has 0 spiro atoms. The summed E-state index contributed by atoms with van der Waals surface area (Å²) in [5.74, 6) is 0.488. The lowest BCUT2D eigenvalue weighted by Gasteiger charge is -2.07. The van der Waals surface area contributed by atoms with Crippen molar-refractivity contribution in [3.05, 3.63) is 23.9 Å². The van der Waals surface area contributed by atoms with Crippen LogP contribution < -0.4 is 4.74 Å². The SMILES string of the molecule is COc1ncccc1[C@@H](C)O. The summed E-state index contributed by atoms with van der Waals surface area (Å²) in [6.45, 7) is 1.68. The van der Waals surface area contributed by atoms with Crippen molar-refractivity contribution >= 4 is 0 Å². The molecule has 0 radical (unpaired) electrons. The van der Waals surface area contributed by atoms with E-state index in [0.29, 0.717) is 5.88 Å². The van der Waals surface area contributed by atoms with Gasteiger partial charge >= 0.3 is 0 Å². The maximum Gasteiger partial charge on any atom is 0.218 e. The Morgan fingerprint density at radius 3 is 2.82 bits per heavy atom. The average Bonchev–Trinajstić information content (AvgIpc) is 2.04. The van der Waals surface area contributed by atoms with Crippen molar-refractivity contribution in [2.45, 2.75) is 13.0 Å². The van der Waals surface area contributed by atoms with Gasteiger partial charge in [0.2, 0.25) is 5.88 Å². The molecule has 0 saturated heterocycles. The van der Waals surface area contributed by atoms with Crippen LogP contribution in [0.25, 0.3) is 0 Å². The van der Waals surface area contributed by atoms with E-state index >= 15 is 0 Å². The van der Waals surface area contributed by atoms with Crippen LogP contribution in [-0.2, 0) is 0 Å². The number of hydrogen-bond donors (Lipinski definition) is 1. The molecule has 1 atom stereocenters. The van der Waals surface area contributed by atoms with Crippen molar-refractivity contribution in [3.63, 3.8) is 0 Å². The van der Waals surface area contributed by atoms with Crippen LogP contribution in [0.4, 0.5) is 0 Å². The molecular formula is C8H11NO2. The Morgan fingerprint density at radius 1 is 1.64 bits per heavy atom. The minimum absolute atomic E-state index is 0.488. The van der Waals surface area contributed by atoms with E-state index < -0.39 is 6.10 Å². The number of rotatable bonds is 2. The average molecular weight is 153 g/mol. The molecule has 0 bridgehead atoms. The second kappa shape index (κ2) is 3.34. The number of nitrogens with zero attached hydrogens (tertiary/aromatic N) is 1. The van der Waals surface area contributed by atoms with Gasteiger partial charge in [-0.05, 0) is 19.1 Å². The third-order valence-electron chi connectivity index (χ3n) is 1.44. The zero-order valence-electron chi connectivity index (χ0n) is 6.61. The van der Waals surface area contributed by atoms with Crippen LogP contribution in [0.5, 0.6) is 5.88 Å². The number of aromatic nitrogens is 1. The first-order valence-electron chi connectivity index (χ1n) is 3.42. The van der Waals surface area contributed by atoms with E-state index in [9.17, 15) is 5.11 Å². The second-order valence-corrected chi connectivity index (χ2v) is 2.28. The lowest BCUT2D eigenvalue weighted by atomic mass is 10.2. The van der Waals surface area contributed by atoms with Crippen LogP contribution in [0.2, 0.25) is 0 Å². The summed E-state index contributed by atoms with van der Waals surface area (Å²) in [7, 11) is 1.54. The molecule has 0 fully saturated rings. The Labute approximate surface area is 65.7 Å². The fourth-order valence-corrected chi connectivity index (χ4v) is 0.892. The molecule has 0 aliphatic carbocycles. The molecule has 0 amide bonds. The summed E-state index contributed by atoms with van der Waals surface area (Å²) >= 11 is 0. The summed E-state index contributed by atoms with van der Waals surface area (Å²) in [6, 6.07) is 3.56. The van der Waals surface area contributed by atoms with E-state index in [4.69, 9.17) is 4.74 Å². The molecule has 1 N–H and O–H groups in total. The molecule has 1 aromatic heterocycles. The van der Waals surface area contributed by atoms with Gasteiger partial charge in [0.05, 0.1) is 13.2 Å². The van der Waals surface area contributed by atoms with Crippen LogP contribution in [0, 0.1) is 0 Å². The monoisotopic (exact) mass is 153 g/mol. The molecule has 3 heteroatoms. The van der Waals surface area contributed by atoms with Gasteiger partial charge in [-0.15, -0.1) is 0 Å². The molecule has 1 aromatic rings. The van der Waals surface area contributed by atoms with Gasteiger partial charge in [0, 0.05) is 11.8 Å². The molecule has 0 aromatic carbocycles. The van der Waals surface area contributed by atoms with Crippen LogP contribution in [-0.4, -0.2) is 17.2 Å². The highest BCUT2D eigenvalue weighted by Gasteiger charge is 2.07. The van der Waals surface area contributed by atoms with Crippen molar-refractivity contribution in [2.75, 3.05) is 7.11 Å². The van der Waals surface area contributed by atoms with Gasteiger partial charge in [0.15, 0.2) is 0 Å². The highest BCUT2D eigenvalue weighted by atomic mass is 16.5. The van der Waals surface area contributed by atoms with Crippen LogP contribution in [0.1, 0.15) is 18.6 Å². The summed E-state index contributed by atoms with van der Waals surface area (Å²) < 4.78 is 4.94. The standard InChI is InChI=1S/C8H11NO2/c1-6(10)7-4-3-5-9-8(7)11-2/h3-6,10H,1-2H3/t6-/m1/s1. The smallest absolute Gasteiger partial charge is 0.218 e. The number of methoxy groups -OCH3 is 1. The molecule has 0 aliphatic rings. The highest BCUT2D eigenvalue weighted by molar-refractivity contribution is 5.26. The summed E-state index contributed by atoms with van der Waals surface area (Å²) in [5, 5.41) is 9.22. The zero-order valence-corrected chi connectivity index (χ0v) is 6.61. The third kappa shape index (κ3) is 1.68. The lowest BCUT2D eigenvalue weighted by molar-refractivity contribution is 0.193. The second-order valence-electron chi connectivity index (χ2n) is 2.28. The van der Waals surface area contributed by atoms with Gasteiger partial charge in [-0.2, -0.15) is 0 Å². The molecule has 1 rings (SSSR count). The Hall–Kier alpha value is -1.09. The largest absolute Gasteiger partial charge is 0.481 e. The summed E-state index contributed by atoms with van der Waals surface area (Å²) in [6.07, 6.45) is 1.10. The number of pyridine rings is 1. The topological polar surface area (TPSA) is 42.4 Å². The number of hydrogen-bond acceptors (Lipinski definition) is 3. The first-order chi connectivity index (χ1) is 5.25. The molecule has 1 heterocycles. The van der Waals surface area contributed by atoms with Crippen molar-refractivity contribution in [1.82, 2.24) is 4.98 Å². The van der Waals surface area contributed by atoms with Gasteiger partial charge in [-0.25, -0.2) is 4.98 Å². The van der Waals surface area contributed by atoms with Crippen LogP contribution in [0.15, 0.2) is 18.3 Å². The fourth-order valence-electron chi connectivity index (χ4n) is 0.892. The molecule has 0 unspecified atom stereocenters. The Bertz CT molecular complexity index is 235. The molecule has 11 heavy (non-hydrogen) atoms. The van der Waals surface area contributed by atoms with Gasteiger partial charge in [-0.3, -0.25) is 0 Å². The quantitative estimate of drug-likeness (QED) is 0.692. The minimum Gasteiger partial charge on any atom is -0.481 e. The number of aliphatic hydroxyl groups excluding tert-OH is 1. The maximum atomic E-state index is 9.22. The molecule has 60 valence electrons. The normalized spacial score (nSPS) is 12.6. The van der Waals surface area contributed by atoms with E-state index in [2.05, 4.69) is 4.98 Å². The first kappa shape index (κ1) is 8.01. The number of aliphatic hydroxyl groups is 1. The van der Waals surface area contributed by atoms with Crippen molar-refractivity contribution in [3.8, 4) is 5.88 Å². The van der Waals surface area contributed by atoms with E-state index in [1.165, 1.54) is 7.11 Å². The Balaban J connectivity index is 3.02.